The van der Waals surface area contributed by atoms with Gasteiger partial charge in [0.25, 0.3) is 0 Å². The smallest absolute Gasteiger partial charge is 0.387 e. The third-order valence-corrected chi connectivity index (χ3v) is 11.1. The van der Waals surface area contributed by atoms with Crippen LogP contribution in [0.3, 0.4) is 0 Å². The van der Waals surface area contributed by atoms with Crippen LogP contribution in [-0.4, -0.2) is 68.4 Å². The zero-order chi connectivity index (χ0) is 41.6. The van der Waals surface area contributed by atoms with Crippen molar-refractivity contribution in [2.75, 3.05) is 38.2 Å². The van der Waals surface area contributed by atoms with Crippen LogP contribution in [0.4, 0.5) is 18.9 Å². The highest BCUT2D eigenvalue weighted by Gasteiger charge is 2.38. The average molecular weight is 859 g/mol. The Hall–Kier alpha value is -5.25. The van der Waals surface area contributed by atoms with Gasteiger partial charge in [0.15, 0.2) is 36.5 Å². The third-order valence-electron chi connectivity index (χ3n) is 10.5. The molecule has 17 heteroatoms. The molecule has 1 N–H and O–H groups in total. The topological polar surface area (TPSA) is 140 Å². The van der Waals surface area contributed by atoms with E-state index in [1.165, 1.54) is 54.6 Å². The van der Waals surface area contributed by atoms with E-state index in [9.17, 15) is 32.8 Å². The number of alkyl halides is 2. The molecule has 1 unspecified atom stereocenters. The summed E-state index contributed by atoms with van der Waals surface area (Å²) in [6, 6.07) is 14.5. The van der Waals surface area contributed by atoms with Gasteiger partial charge in [0.2, 0.25) is 0 Å². The normalized spacial score (nSPS) is 19.4. The van der Waals surface area contributed by atoms with Crippen LogP contribution in [0.25, 0.3) is 0 Å². The molecule has 12 nitrogen and oxygen atoms in total. The summed E-state index contributed by atoms with van der Waals surface area (Å²) in [5, 5.41) is 15.0. The number of carbonyl (C=O) groups is 3. The quantitative estimate of drug-likeness (QED) is 0.0486. The van der Waals surface area contributed by atoms with E-state index < -0.39 is 49.1 Å². The number of hydrogen-bond donors (Lipinski definition) is 1. The molecular formula is C42H40Cl2F3N3O9. The Kier molecular flexibility index (Phi) is 13.3. The molecule has 1 aromatic heterocycles. The highest BCUT2D eigenvalue weighted by atomic mass is 35.5. The lowest BCUT2D eigenvalue weighted by Crippen LogP contribution is -2.52. The molecule has 4 aromatic rings. The van der Waals surface area contributed by atoms with Crippen molar-refractivity contribution in [1.29, 1.82) is 0 Å². The maximum Gasteiger partial charge on any atom is 0.387 e. The average Bonchev–Trinajstić information content (AvgIpc) is 4.04. The van der Waals surface area contributed by atoms with E-state index >= 15 is 0 Å². The van der Waals surface area contributed by atoms with Crippen LogP contribution in [0.2, 0.25) is 10.0 Å². The Morgan fingerprint density at radius 3 is 2.34 bits per heavy atom. The van der Waals surface area contributed by atoms with Gasteiger partial charge in [-0.1, -0.05) is 47.5 Å². The van der Waals surface area contributed by atoms with Gasteiger partial charge in [0.05, 0.1) is 12.2 Å². The molecule has 4 aliphatic rings. The number of anilines is 1. The highest BCUT2D eigenvalue weighted by Crippen LogP contribution is 2.38. The molecule has 0 spiro atoms. The minimum Gasteiger partial charge on any atom is -0.619 e. The van der Waals surface area contributed by atoms with Gasteiger partial charge < -0.3 is 34.2 Å². The van der Waals surface area contributed by atoms with Crippen LogP contribution >= 0.6 is 23.2 Å². The summed E-state index contributed by atoms with van der Waals surface area (Å²) in [5.74, 6) is -2.75. The lowest BCUT2D eigenvalue weighted by molar-refractivity contribution is -0.605. The first kappa shape index (κ1) is 41.9. The molecule has 8 rings (SSSR count). The van der Waals surface area contributed by atoms with Crippen LogP contribution < -0.4 is 19.5 Å². The number of esters is 3. The maximum absolute atomic E-state index is 14.4. The van der Waals surface area contributed by atoms with Crippen molar-refractivity contribution in [2.45, 2.75) is 57.0 Å². The Labute approximate surface area is 347 Å². The minimum atomic E-state index is -3.13. The highest BCUT2D eigenvalue weighted by molar-refractivity contribution is 6.35. The van der Waals surface area contributed by atoms with E-state index in [1.807, 2.05) is 0 Å². The summed E-state index contributed by atoms with van der Waals surface area (Å²) >= 11 is 12.7. The molecule has 0 radical (unpaired) electrons. The van der Waals surface area contributed by atoms with Gasteiger partial charge in [0, 0.05) is 24.2 Å². The van der Waals surface area contributed by atoms with Gasteiger partial charge in [0.1, 0.15) is 28.1 Å². The minimum absolute atomic E-state index is 0.00906. The first-order valence-electron chi connectivity index (χ1n) is 19.1. The lowest BCUT2D eigenvalue weighted by Gasteiger charge is -2.44. The van der Waals surface area contributed by atoms with Gasteiger partial charge in [-0.25, -0.2) is 18.8 Å². The Balaban J connectivity index is 1.05. The molecule has 3 aromatic carbocycles. The fourth-order valence-electron chi connectivity index (χ4n) is 7.19. The van der Waals surface area contributed by atoms with Crippen LogP contribution in [0, 0.1) is 22.9 Å². The fraction of sp³-hybridized carbons (Fsp3) is 0.381. The number of nitrogens with one attached hydrogen (secondary N) is 1. The number of carbonyl (C=O) groups excluding carboxylic acids is 3. The second-order valence-corrected chi connectivity index (χ2v) is 15.5. The first-order valence-corrected chi connectivity index (χ1v) is 19.8. The summed E-state index contributed by atoms with van der Waals surface area (Å²) in [4.78, 5) is 42.5. The summed E-state index contributed by atoms with van der Waals surface area (Å²) in [6.45, 7) is -1.18. The third kappa shape index (κ3) is 11.1. The molecular weight excluding hydrogens is 818 g/mol. The molecule has 0 amide bonds. The Morgan fingerprint density at radius 2 is 1.66 bits per heavy atom. The van der Waals surface area contributed by atoms with Crippen LogP contribution in [0.15, 0.2) is 79.1 Å². The molecule has 1 saturated carbocycles. The fourth-order valence-corrected chi connectivity index (χ4v) is 7.79. The van der Waals surface area contributed by atoms with Crippen LogP contribution in [-0.2, 0) is 30.2 Å². The largest absolute Gasteiger partial charge is 0.619 e. The molecule has 1 aliphatic carbocycles. The standard InChI is InChI=1S/C42H40Cl2F3N3O9/c43-32-19-50(54)20-33(44)31(32)18-35(26-9-10-34(59-42(46)47)36(17-26)55-22-24-7-8-24)57-38(51)23-56-40(52)28-4-2-6-30(16-28)48-39(27-3-1-5-29(45)15-27)41(53)58-37-21-49-13-11-25(37)12-14-49/h1-6,9-10,15-17,19-20,24-25,35,37,39,42,48H,7-8,11-14,18,21-23H2/t35-,37-,39?/m0/s1. The van der Waals surface area contributed by atoms with Crippen LogP contribution in [0.1, 0.15) is 64.9 Å². The van der Waals surface area contributed by atoms with E-state index in [4.69, 9.17) is 42.1 Å². The summed E-state index contributed by atoms with van der Waals surface area (Å²) in [7, 11) is 0. The Bertz CT molecular complexity index is 2150. The van der Waals surface area contributed by atoms with Gasteiger partial charge in [-0.05, 0) is 104 Å². The van der Waals surface area contributed by atoms with E-state index in [0.717, 1.165) is 51.2 Å². The SMILES string of the molecule is O=C(COC(=O)c1cccc(NC(C(=O)O[C@H]2CN3CCC2CC3)c2cccc(F)c2)c1)O[C@@H](Cc1c(Cl)c[n+]([O-])cc1Cl)c1ccc(OC(F)F)c(OCC2CC2)c1. The number of halogens is 5. The molecule has 3 atom stereocenters. The van der Waals surface area contributed by atoms with E-state index in [2.05, 4.69) is 15.0 Å². The lowest BCUT2D eigenvalue weighted by atomic mass is 9.86. The van der Waals surface area contributed by atoms with E-state index in [0.29, 0.717) is 22.5 Å². The van der Waals surface area contributed by atoms with Crippen molar-refractivity contribution in [3.05, 3.63) is 122 Å². The summed E-state index contributed by atoms with van der Waals surface area (Å²) in [6.07, 6.45) is 4.20. The van der Waals surface area contributed by atoms with E-state index in [1.54, 1.807) is 12.1 Å². The van der Waals surface area contributed by atoms with E-state index in [-0.39, 0.29) is 69.2 Å². The van der Waals surface area contributed by atoms with Gasteiger partial charge >= 0.3 is 24.5 Å². The van der Waals surface area contributed by atoms with Crippen molar-refractivity contribution in [1.82, 2.24) is 4.90 Å². The van der Waals surface area contributed by atoms with Crippen molar-refractivity contribution in [3.8, 4) is 11.5 Å². The van der Waals surface area contributed by atoms with Crippen molar-refractivity contribution in [3.63, 3.8) is 0 Å². The summed E-state index contributed by atoms with van der Waals surface area (Å²) < 4.78 is 68.8. The number of pyridine rings is 1. The molecule has 312 valence electrons. The molecule has 2 bridgehead atoms. The Morgan fingerprint density at radius 1 is 0.915 bits per heavy atom. The zero-order valence-electron chi connectivity index (χ0n) is 31.5. The maximum atomic E-state index is 14.4. The monoisotopic (exact) mass is 857 g/mol. The molecule has 4 heterocycles. The van der Waals surface area contributed by atoms with Gasteiger partial charge in [-0.2, -0.15) is 13.5 Å². The predicted molar refractivity (Wildman–Crippen MR) is 208 cm³/mol. The number of ether oxygens (including phenoxy) is 5. The number of benzene rings is 3. The molecule has 59 heavy (non-hydrogen) atoms. The van der Waals surface area contributed by atoms with Gasteiger partial charge in [-0.15, -0.1) is 0 Å². The number of aromatic nitrogens is 1. The molecule has 3 aliphatic heterocycles. The predicted octanol–water partition coefficient (Wildman–Crippen LogP) is 7.63. The zero-order valence-corrected chi connectivity index (χ0v) is 33.0. The van der Waals surface area contributed by atoms with Crippen molar-refractivity contribution >= 4 is 46.8 Å². The van der Waals surface area contributed by atoms with Crippen LogP contribution in [0.5, 0.6) is 11.5 Å². The number of piperidine rings is 3. The number of hydrogen-bond acceptors (Lipinski definition) is 11. The van der Waals surface area contributed by atoms with Crippen molar-refractivity contribution < 1.29 is 56.0 Å². The number of rotatable bonds is 17. The second kappa shape index (κ2) is 18.8. The summed E-state index contributed by atoms with van der Waals surface area (Å²) in [5.41, 5.74) is 1.18. The second-order valence-electron chi connectivity index (χ2n) is 14.7. The molecule has 4 fully saturated rings. The molecule has 3 saturated heterocycles. The van der Waals surface area contributed by atoms with Gasteiger partial charge in [-0.3, -0.25) is 4.90 Å². The van der Waals surface area contributed by atoms with Crippen molar-refractivity contribution in [2.24, 2.45) is 11.8 Å². The number of nitrogens with zero attached hydrogens (tertiary/aromatic N) is 2. The first-order chi connectivity index (χ1) is 28.4. The number of fused-ring (bicyclic) bond motifs is 3.